The van der Waals surface area contributed by atoms with Gasteiger partial charge in [0.15, 0.2) is 12.7 Å². The summed E-state index contributed by atoms with van der Waals surface area (Å²) in [7, 11) is 0. The van der Waals surface area contributed by atoms with Gasteiger partial charge in [0, 0.05) is 10.5 Å². The Kier molecular flexibility index (Phi) is 8.25. The molecule has 0 fully saturated rings. The molecule has 2 atom stereocenters. The van der Waals surface area contributed by atoms with E-state index < -0.39 is 30.6 Å². The molecule has 1 rings (SSSR count). The predicted octanol–water partition coefficient (Wildman–Crippen LogP) is 2.38. The van der Waals surface area contributed by atoms with Crippen LogP contribution in [0.25, 0.3) is 0 Å². The highest BCUT2D eigenvalue weighted by Crippen LogP contribution is 2.17. The smallest absolute Gasteiger partial charge is 0.347 e. The first kappa shape index (κ1) is 20.0. The highest BCUT2D eigenvalue weighted by Gasteiger charge is 2.18. The Balaban J connectivity index is 2.35. The van der Waals surface area contributed by atoms with Crippen LogP contribution in [0.1, 0.15) is 27.2 Å². The van der Waals surface area contributed by atoms with E-state index in [9.17, 15) is 14.4 Å². The number of urea groups is 1. The van der Waals surface area contributed by atoms with E-state index in [1.54, 1.807) is 24.3 Å². The van der Waals surface area contributed by atoms with Gasteiger partial charge in [-0.1, -0.05) is 22.9 Å². The van der Waals surface area contributed by atoms with E-state index in [0.717, 1.165) is 10.9 Å². The number of nitrogens with one attached hydrogen (secondary N) is 2. The molecular formula is C16H21BrN2O5. The fourth-order valence-electron chi connectivity index (χ4n) is 1.54. The van der Waals surface area contributed by atoms with Crippen molar-refractivity contribution in [2.75, 3.05) is 6.61 Å². The second-order valence-corrected chi connectivity index (χ2v) is 6.07. The molecule has 0 bridgehead atoms. The van der Waals surface area contributed by atoms with Crippen LogP contribution in [0.5, 0.6) is 5.75 Å². The largest absolute Gasteiger partial charge is 0.479 e. The number of amides is 3. The maximum Gasteiger partial charge on any atom is 0.347 e. The molecule has 3 amide bonds. The standard InChI is InChI=1S/C16H21BrN2O5/c1-4-10(2)18-16(22)19-14(20)9-23-15(21)11(3)24-13-7-5-12(17)6-8-13/h5-8,10-11H,4,9H2,1-3H3,(H2,18,19,20,22)/t10-,11-/m1/s1. The minimum Gasteiger partial charge on any atom is -0.479 e. The normalized spacial score (nSPS) is 12.7. The summed E-state index contributed by atoms with van der Waals surface area (Å²) in [6.07, 6.45) is -0.144. The molecule has 0 aromatic heterocycles. The minimum atomic E-state index is -0.882. The summed E-state index contributed by atoms with van der Waals surface area (Å²) in [5.41, 5.74) is 0. The Bertz CT molecular complexity index is 576. The van der Waals surface area contributed by atoms with Crippen LogP contribution in [0.15, 0.2) is 28.7 Å². The van der Waals surface area contributed by atoms with Crippen molar-refractivity contribution in [2.45, 2.75) is 39.3 Å². The van der Waals surface area contributed by atoms with E-state index in [4.69, 9.17) is 9.47 Å². The van der Waals surface area contributed by atoms with Crippen LogP contribution in [-0.4, -0.2) is 36.7 Å². The van der Waals surface area contributed by atoms with Crippen molar-refractivity contribution < 1.29 is 23.9 Å². The van der Waals surface area contributed by atoms with Gasteiger partial charge >= 0.3 is 12.0 Å². The number of esters is 1. The van der Waals surface area contributed by atoms with E-state index >= 15 is 0 Å². The number of benzene rings is 1. The number of carbonyl (C=O) groups is 3. The molecule has 0 saturated carbocycles. The zero-order valence-corrected chi connectivity index (χ0v) is 15.4. The first-order valence-electron chi connectivity index (χ1n) is 7.51. The third-order valence-electron chi connectivity index (χ3n) is 3.05. The first-order valence-corrected chi connectivity index (χ1v) is 8.30. The topological polar surface area (TPSA) is 93.7 Å². The maximum atomic E-state index is 11.8. The van der Waals surface area contributed by atoms with Crippen LogP contribution in [-0.2, 0) is 14.3 Å². The summed E-state index contributed by atoms with van der Waals surface area (Å²) in [6.45, 7) is 4.67. The lowest BCUT2D eigenvalue weighted by molar-refractivity contribution is -0.154. The molecule has 0 aliphatic rings. The quantitative estimate of drug-likeness (QED) is 0.685. The van der Waals surface area contributed by atoms with Crippen LogP contribution in [0.4, 0.5) is 4.79 Å². The Morgan fingerprint density at radius 1 is 1.17 bits per heavy atom. The third kappa shape index (κ3) is 7.45. The van der Waals surface area contributed by atoms with Crippen LogP contribution in [0.2, 0.25) is 0 Å². The average Bonchev–Trinajstić information content (AvgIpc) is 2.54. The number of halogens is 1. The lowest BCUT2D eigenvalue weighted by atomic mass is 10.3. The van der Waals surface area contributed by atoms with Gasteiger partial charge in [0.25, 0.3) is 5.91 Å². The second kappa shape index (κ2) is 9.92. The van der Waals surface area contributed by atoms with E-state index in [0.29, 0.717) is 5.75 Å². The molecule has 132 valence electrons. The van der Waals surface area contributed by atoms with Gasteiger partial charge in [-0.15, -0.1) is 0 Å². The van der Waals surface area contributed by atoms with Gasteiger partial charge in [0.1, 0.15) is 5.75 Å². The third-order valence-corrected chi connectivity index (χ3v) is 3.58. The van der Waals surface area contributed by atoms with Crippen molar-refractivity contribution >= 4 is 33.8 Å². The van der Waals surface area contributed by atoms with Gasteiger partial charge in [-0.2, -0.15) is 0 Å². The zero-order valence-electron chi connectivity index (χ0n) is 13.8. The second-order valence-electron chi connectivity index (χ2n) is 5.15. The summed E-state index contributed by atoms with van der Waals surface area (Å²) in [6, 6.07) is 6.26. The number of rotatable bonds is 7. The number of ether oxygens (including phenoxy) is 2. The molecule has 7 nitrogen and oxygen atoms in total. The van der Waals surface area contributed by atoms with E-state index in [1.807, 2.05) is 13.8 Å². The Labute approximate surface area is 149 Å². The summed E-state index contributed by atoms with van der Waals surface area (Å²) in [5, 5.41) is 4.65. The molecule has 2 N–H and O–H groups in total. The van der Waals surface area contributed by atoms with Crippen molar-refractivity contribution in [3.63, 3.8) is 0 Å². The number of hydrogen-bond acceptors (Lipinski definition) is 5. The van der Waals surface area contributed by atoms with Gasteiger partial charge in [0.2, 0.25) is 0 Å². The van der Waals surface area contributed by atoms with Gasteiger partial charge in [0.05, 0.1) is 0 Å². The fourth-order valence-corrected chi connectivity index (χ4v) is 1.81. The molecular weight excluding hydrogens is 380 g/mol. The van der Waals surface area contributed by atoms with Crippen molar-refractivity contribution in [3.8, 4) is 5.75 Å². The SMILES string of the molecule is CC[C@@H](C)NC(=O)NC(=O)COC(=O)[C@@H](C)Oc1ccc(Br)cc1. The molecule has 0 spiro atoms. The fraction of sp³-hybridized carbons (Fsp3) is 0.438. The number of carbonyl (C=O) groups excluding carboxylic acids is 3. The van der Waals surface area contributed by atoms with Crippen molar-refractivity contribution in [2.24, 2.45) is 0 Å². The van der Waals surface area contributed by atoms with Gasteiger partial charge in [-0.25, -0.2) is 9.59 Å². The first-order chi connectivity index (χ1) is 11.3. The van der Waals surface area contributed by atoms with Crippen LogP contribution < -0.4 is 15.4 Å². The highest BCUT2D eigenvalue weighted by atomic mass is 79.9. The molecule has 1 aromatic carbocycles. The molecule has 0 aliphatic carbocycles. The minimum absolute atomic E-state index is 0.0559. The molecule has 1 aromatic rings. The Hall–Kier alpha value is -2.09. The van der Waals surface area contributed by atoms with Crippen LogP contribution in [0, 0.1) is 0 Å². The van der Waals surface area contributed by atoms with E-state index in [2.05, 4.69) is 26.6 Å². The molecule has 0 heterocycles. The van der Waals surface area contributed by atoms with Crippen LogP contribution in [0.3, 0.4) is 0 Å². The highest BCUT2D eigenvalue weighted by molar-refractivity contribution is 9.10. The molecule has 24 heavy (non-hydrogen) atoms. The zero-order chi connectivity index (χ0) is 18.1. The monoisotopic (exact) mass is 400 g/mol. The predicted molar refractivity (Wildman–Crippen MR) is 91.6 cm³/mol. The van der Waals surface area contributed by atoms with Gasteiger partial charge in [-0.3, -0.25) is 10.1 Å². The Morgan fingerprint density at radius 2 is 1.79 bits per heavy atom. The molecule has 0 aliphatic heterocycles. The lowest BCUT2D eigenvalue weighted by Gasteiger charge is -2.14. The van der Waals surface area contributed by atoms with Crippen molar-refractivity contribution in [1.29, 1.82) is 0 Å². The molecule has 0 unspecified atom stereocenters. The van der Waals surface area contributed by atoms with Crippen LogP contribution >= 0.6 is 15.9 Å². The maximum absolute atomic E-state index is 11.8. The summed E-state index contributed by atoms with van der Waals surface area (Å²) in [5.74, 6) is -0.907. The average molecular weight is 401 g/mol. The Morgan fingerprint density at radius 3 is 2.38 bits per heavy atom. The molecule has 8 heteroatoms. The van der Waals surface area contributed by atoms with E-state index in [1.165, 1.54) is 6.92 Å². The lowest BCUT2D eigenvalue weighted by Crippen LogP contribution is -2.45. The number of hydrogen-bond donors (Lipinski definition) is 2. The summed E-state index contributed by atoms with van der Waals surface area (Å²) in [4.78, 5) is 34.8. The molecule has 0 saturated heterocycles. The van der Waals surface area contributed by atoms with E-state index in [-0.39, 0.29) is 6.04 Å². The number of imide groups is 1. The van der Waals surface area contributed by atoms with Crippen molar-refractivity contribution in [1.82, 2.24) is 10.6 Å². The van der Waals surface area contributed by atoms with Crippen molar-refractivity contribution in [3.05, 3.63) is 28.7 Å². The van der Waals surface area contributed by atoms with Gasteiger partial charge < -0.3 is 14.8 Å². The molecule has 0 radical (unpaired) electrons. The summed E-state index contributed by atoms with van der Waals surface area (Å²) >= 11 is 3.30. The van der Waals surface area contributed by atoms with Gasteiger partial charge in [-0.05, 0) is 44.5 Å². The summed E-state index contributed by atoms with van der Waals surface area (Å²) < 4.78 is 11.1.